The number of anilines is 1. The van der Waals surface area contributed by atoms with Gasteiger partial charge < -0.3 is 5.32 Å². The lowest BCUT2D eigenvalue weighted by atomic mass is 10.1. The van der Waals surface area contributed by atoms with Crippen LogP contribution in [0.5, 0.6) is 0 Å². The Morgan fingerprint density at radius 3 is 3.00 bits per heavy atom. The number of para-hydroxylation sites is 1. The first-order valence-electron chi connectivity index (χ1n) is 7.36. The number of benzene rings is 1. The Kier molecular flexibility index (Phi) is 4.57. The topological polar surface area (TPSA) is 72.2 Å². The highest BCUT2D eigenvalue weighted by atomic mass is 32.2. The molecular formula is C16H17N5OS. The van der Waals surface area contributed by atoms with Crippen LogP contribution in [0.25, 0.3) is 5.78 Å². The van der Waals surface area contributed by atoms with Crippen LogP contribution >= 0.6 is 11.8 Å². The molecule has 2 aromatic heterocycles. The van der Waals surface area contributed by atoms with E-state index in [0.717, 1.165) is 23.2 Å². The van der Waals surface area contributed by atoms with Gasteiger partial charge in [0.1, 0.15) is 0 Å². The lowest BCUT2D eigenvalue weighted by Gasteiger charge is -2.12. The summed E-state index contributed by atoms with van der Waals surface area (Å²) in [5.41, 5.74) is 3.11. The minimum Gasteiger partial charge on any atom is -0.325 e. The number of aryl methyl sites for hydroxylation is 2. The van der Waals surface area contributed by atoms with Crippen LogP contribution in [0.3, 0.4) is 0 Å². The molecule has 1 aromatic carbocycles. The van der Waals surface area contributed by atoms with Crippen LogP contribution in [0.4, 0.5) is 5.69 Å². The third kappa shape index (κ3) is 3.50. The molecule has 1 N–H and O–H groups in total. The van der Waals surface area contributed by atoms with Crippen molar-refractivity contribution in [2.75, 3.05) is 11.1 Å². The summed E-state index contributed by atoms with van der Waals surface area (Å²) in [5, 5.41) is 7.81. The Morgan fingerprint density at radius 2 is 2.22 bits per heavy atom. The van der Waals surface area contributed by atoms with E-state index in [1.54, 1.807) is 23.0 Å². The quantitative estimate of drug-likeness (QED) is 0.730. The molecular weight excluding hydrogens is 310 g/mol. The molecule has 0 radical (unpaired) electrons. The minimum absolute atomic E-state index is 0.0641. The summed E-state index contributed by atoms with van der Waals surface area (Å²) in [6, 6.07) is 7.82. The largest absolute Gasteiger partial charge is 0.325 e. The highest BCUT2D eigenvalue weighted by molar-refractivity contribution is 7.99. The Balaban J connectivity index is 1.66. The maximum atomic E-state index is 12.2. The molecule has 1 amide bonds. The molecule has 0 spiro atoms. The van der Waals surface area contributed by atoms with Gasteiger partial charge in [-0.2, -0.15) is 4.98 Å². The van der Waals surface area contributed by atoms with E-state index in [1.165, 1.54) is 11.8 Å². The van der Waals surface area contributed by atoms with Crippen LogP contribution in [-0.2, 0) is 11.2 Å². The van der Waals surface area contributed by atoms with Gasteiger partial charge in [-0.15, -0.1) is 5.10 Å². The molecule has 0 bridgehead atoms. The van der Waals surface area contributed by atoms with E-state index in [0.29, 0.717) is 10.9 Å². The van der Waals surface area contributed by atoms with E-state index in [4.69, 9.17) is 0 Å². The number of amides is 1. The van der Waals surface area contributed by atoms with E-state index < -0.39 is 0 Å². The molecule has 0 aliphatic heterocycles. The fraction of sp³-hybridized carbons (Fsp3) is 0.250. The van der Waals surface area contributed by atoms with Gasteiger partial charge in [-0.05, 0) is 30.5 Å². The number of carbonyl (C=O) groups excluding carboxylic acids is 1. The molecule has 0 aliphatic carbocycles. The van der Waals surface area contributed by atoms with Gasteiger partial charge in [0.15, 0.2) is 0 Å². The molecule has 0 atom stereocenters. The number of rotatable bonds is 5. The lowest BCUT2D eigenvalue weighted by Crippen LogP contribution is -2.16. The summed E-state index contributed by atoms with van der Waals surface area (Å²) in [5.74, 6) is 0.724. The van der Waals surface area contributed by atoms with Crippen molar-refractivity contribution in [1.82, 2.24) is 19.6 Å². The number of carbonyl (C=O) groups is 1. The molecule has 0 saturated heterocycles. The number of fused-ring (bicyclic) bond motifs is 1. The van der Waals surface area contributed by atoms with E-state index in [2.05, 4.69) is 27.3 Å². The summed E-state index contributed by atoms with van der Waals surface area (Å²) in [6.45, 7) is 4.07. The third-order valence-corrected chi connectivity index (χ3v) is 4.27. The van der Waals surface area contributed by atoms with Crippen molar-refractivity contribution >= 4 is 29.1 Å². The predicted octanol–water partition coefficient (Wildman–Crippen LogP) is 2.73. The average molecular weight is 327 g/mol. The normalized spacial score (nSPS) is 10.9. The zero-order chi connectivity index (χ0) is 16.2. The molecule has 2 heterocycles. The highest BCUT2D eigenvalue weighted by Crippen LogP contribution is 2.22. The van der Waals surface area contributed by atoms with Gasteiger partial charge in [0.25, 0.3) is 5.78 Å². The maximum Gasteiger partial charge on any atom is 0.253 e. The van der Waals surface area contributed by atoms with E-state index >= 15 is 0 Å². The van der Waals surface area contributed by atoms with Crippen LogP contribution in [0.1, 0.15) is 18.1 Å². The Morgan fingerprint density at radius 1 is 1.35 bits per heavy atom. The Bertz CT molecular complexity index is 812. The molecule has 23 heavy (non-hydrogen) atoms. The zero-order valence-electron chi connectivity index (χ0n) is 13.0. The fourth-order valence-corrected chi connectivity index (χ4v) is 2.91. The van der Waals surface area contributed by atoms with Crippen molar-refractivity contribution in [3.05, 3.63) is 47.8 Å². The molecule has 0 saturated carbocycles. The van der Waals surface area contributed by atoms with Crippen LogP contribution in [-0.4, -0.2) is 31.2 Å². The molecule has 0 aliphatic rings. The van der Waals surface area contributed by atoms with Crippen molar-refractivity contribution in [2.45, 2.75) is 25.4 Å². The predicted molar refractivity (Wildman–Crippen MR) is 90.7 cm³/mol. The Labute approximate surface area is 138 Å². The smallest absolute Gasteiger partial charge is 0.253 e. The van der Waals surface area contributed by atoms with Crippen molar-refractivity contribution in [3.63, 3.8) is 0 Å². The second-order valence-corrected chi connectivity index (χ2v) is 6.00. The Hall–Kier alpha value is -2.41. The molecule has 118 valence electrons. The van der Waals surface area contributed by atoms with Crippen molar-refractivity contribution in [1.29, 1.82) is 0 Å². The van der Waals surface area contributed by atoms with Crippen LogP contribution in [0.2, 0.25) is 0 Å². The lowest BCUT2D eigenvalue weighted by molar-refractivity contribution is -0.113. The zero-order valence-corrected chi connectivity index (χ0v) is 13.8. The summed E-state index contributed by atoms with van der Waals surface area (Å²) in [6.07, 6.45) is 4.32. The van der Waals surface area contributed by atoms with Gasteiger partial charge in [0.05, 0.1) is 5.75 Å². The molecule has 6 nitrogen and oxygen atoms in total. The number of nitrogens with zero attached hydrogens (tertiary/aromatic N) is 4. The number of thioether (sulfide) groups is 1. The summed E-state index contributed by atoms with van der Waals surface area (Å²) in [7, 11) is 0. The SMILES string of the molecule is CCc1cccc(C)c1NC(=O)CSc1nc2ncccn2n1. The van der Waals surface area contributed by atoms with E-state index in [-0.39, 0.29) is 11.7 Å². The maximum absolute atomic E-state index is 12.2. The van der Waals surface area contributed by atoms with Gasteiger partial charge >= 0.3 is 0 Å². The molecule has 0 fully saturated rings. The number of nitrogens with one attached hydrogen (secondary N) is 1. The summed E-state index contributed by atoms with van der Waals surface area (Å²) >= 11 is 1.30. The van der Waals surface area contributed by atoms with E-state index in [1.807, 2.05) is 25.1 Å². The first-order valence-corrected chi connectivity index (χ1v) is 8.34. The first kappa shape index (κ1) is 15.5. The number of hydrogen-bond acceptors (Lipinski definition) is 5. The molecule has 7 heteroatoms. The highest BCUT2D eigenvalue weighted by Gasteiger charge is 2.11. The van der Waals surface area contributed by atoms with E-state index in [9.17, 15) is 4.79 Å². The van der Waals surface area contributed by atoms with Crippen molar-refractivity contribution in [2.24, 2.45) is 0 Å². The minimum atomic E-state index is -0.0641. The molecule has 3 aromatic rings. The van der Waals surface area contributed by atoms with Crippen LogP contribution in [0, 0.1) is 6.92 Å². The van der Waals surface area contributed by atoms with Crippen LogP contribution in [0.15, 0.2) is 41.8 Å². The first-order chi connectivity index (χ1) is 11.2. The number of aromatic nitrogens is 4. The van der Waals surface area contributed by atoms with Crippen LogP contribution < -0.4 is 5.32 Å². The van der Waals surface area contributed by atoms with Gasteiger partial charge in [0, 0.05) is 18.1 Å². The average Bonchev–Trinajstić information content (AvgIpc) is 2.98. The van der Waals surface area contributed by atoms with Gasteiger partial charge in [-0.3, -0.25) is 4.79 Å². The van der Waals surface area contributed by atoms with Gasteiger partial charge in [-0.25, -0.2) is 9.50 Å². The van der Waals surface area contributed by atoms with Gasteiger partial charge in [0.2, 0.25) is 11.1 Å². The number of hydrogen-bond donors (Lipinski definition) is 1. The van der Waals surface area contributed by atoms with Gasteiger partial charge in [-0.1, -0.05) is 36.9 Å². The monoisotopic (exact) mass is 327 g/mol. The molecule has 3 rings (SSSR count). The standard InChI is InChI=1S/C16H17N5OS/c1-3-12-7-4-6-11(2)14(12)18-13(22)10-23-16-19-15-17-8-5-9-21(15)20-16/h4-9H,3,10H2,1-2H3,(H,18,22). The summed E-state index contributed by atoms with van der Waals surface area (Å²) < 4.78 is 1.59. The third-order valence-electron chi connectivity index (χ3n) is 3.43. The fourth-order valence-electron chi connectivity index (χ4n) is 2.28. The van der Waals surface area contributed by atoms with Crippen molar-refractivity contribution in [3.8, 4) is 0 Å². The second-order valence-electron chi connectivity index (χ2n) is 5.06. The van der Waals surface area contributed by atoms with Crippen molar-refractivity contribution < 1.29 is 4.79 Å². The second kappa shape index (κ2) is 6.78. The molecule has 0 unspecified atom stereocenters. The summed E-state index contributed by atoms with van der Waals surface area (Å²) in [4.78, 5) is 20.6.